The molecule has 1 saturated heterocycles. The van der Waals surface area contributed by atoms with Crippen LogP contribution in [0.5, 0.6) is 0 Å². The van der Waals surface area contributed by atoms with Gasteiger partial charge in [0, 0.05) is 51.6 Å². The number of carbonyl (C=O) groups excluding carboxylic acids is 2. The Morgan fingerprint density at radius 1 is 1.03 bits per heavy atom. The van der Waals surface area contributed by atoms with Crippen LogP contribution in [0, 0.1) is 0 Å². The van der Waals surface area contributed by atoms with Crippen molar-refractivity contribution in [1.82, 2.24) is 9.21 Å². The number of hydrogen-bond donors (Lipinski definition) is 0. The van der Waals surface area contributed by atoms with Crippen LogP contribution in [0.4, 0.5) is 11.4 Å². The molecule has 2 aliphatic heterocycles. The first-order chi connectivity index (χ1) is 15.5. The van der Waals surface area contributed by atoms with Gasteiger partial charge < -0.3 is 14.7 Å². The fourth-order valence-corrected chi connectivity index (χ4v) is 5.67. The molecule has 8 nitrogen and oxygen atoms in total. The van der Waals surface area contributed by atoms with Crippen LogP contribution in [-0.2, 0) is 25.0 Å². The SMILES string of the molecule is CN1C(=O)C(C)(C)c2cc(S(=O)(=O)N(C)CC(=O)N3CCN(c4ccccc4)CC3)ccc21. The number of piperazine rings is 1. The first-order valence-corrected chi connectivity index (χ1v) is 12.4. The van der Waals surface area contributed by atoms with Crippen LogP contribution in [0.25, 0.3) is 0 Å². The lowest BCUT2D eigenvalue weighted by Gasteiger charge is -2.36. The third-order valence-electron chi connectivity index (χ3n) is 6.66. The number of benzene rings is 2. The summed E-state index contributed by atoms with van der Waals surface area (Å²) in [5.41, 5.74) is 1.70. The third kappa shape index (κ3) is 4.11. The number of rotatable bonds is 5. The molecule has 2 aromatic rings. The summed E-state index contributed by atoms with van der Waals surface area (Å²) < 4.78 is 27.5. The molecule has 0 saturated carbocycles. The summed E-state index contributed by atoms with van der Waals surface area (Å²) in [6.45, 7) is 5.84. The van der Waals surface area contributed by atoms with Crippen molar-refractivity contribution in [2.45, 2.75) is 24.2 Å². The first-order valence-electron chi connectivity index (χ1n) is 11.0. The topological polar surface area (TPSA) is 81.2 Å². The summed E-state index contributed by atoms with van der Waals surface area (Å²) in [5.74, 6) is -0.296. The van der Waals surface area contributed by atoms with Gasteiger partial charge in [-0.05, 0) is 49.7 Å². The van der Waals surface area contributed by atoms with E-state index in [9.17, 15) is 18.0 Å². The molecule has 2 aromatic carbocycles. The van der Waals surface area contributed by atoms with Crippen molar-refractivity contribution in [2.75, 3.05) is 56.6 Å². The van der Waals surface area contributed by atoms with Gasteiger partial charge in [-0.25, -0.2) is 8.42 Å². The molecule has 0 aliphatic carbocycles. The van der Waals surface area contributed by atoms with Crippen molar-refractivity contribution in [2.24, 2.45) is 0 Å². The van der Waals surface area contributed by atoms with E-state index in [0.29, 0.717) is 37.4 Å². The summed E-state index contributed by atoms with van der Waals surface area (Å²) in [5, 5.41) is 0. The molecule has 0 spiro atoms. The summed E-state index contributed by atoms with van der Waals surface area (Å²) in [6, 6.07) is 14.7. The van der Waals surface area contributed by atoms with Crippen LogP contribution >= 0.6 is 0 Å². The van der Waals surface area contributed by atoms with Crippen LogP contribution in [-0.4, -0.2) is 76.3 Å². The fraction of sp³-hybridized carbons (Fsp3) is 0.417. The van der Waals surface area contributed by atoms with Crippen molar-refractivity contribution in [1.29, 1.82) is 0 Å². The minimum atomic E-state index is -3.89. The Kier molecular flexibility index (Phi) is 5.96. The summed E-state index contributed by atoms with van der Waals surface area (Å²) in [6.07, 6.45) is 0. The average Bonchev–Trinajstić information content (AvgIpc) is 2.99. The molecule has 2 amide bonds. The van der Waals surface area contributed by atoms with Crippen molar-refractivity contribution in [3.05, 3.63) is 54.1 Å². The largest absolute Gasteiger partial charge is 0.368 e. The Balaban J connectivity index is 1.43. The molecule has 33 heavy (non-hydrogen) atoms. The zero-order valence-electron chi connectivity index (χ0n) is 19.5. The third-order valence-corrected chi connectivity index (χ3v) is 8.46. The molecule has 2 aliphatic rings. The van der Waals surface area contributed by atoms with Gasteiger partial charge in [-0.15, -0.1) is 0 Å². The van der Waals surface area contributed by atoms with E-state index < -0.39 is 15.4 Å². The standard InChI is InChI=1S/C24H30N4O4S/c1-24(2)20-16-19(10-11-21(20)26(4)23(24)30)33(31,32)25(3)17-22(29)28-14-12-27(13-15-28)18-8-6-5-7-9-18/h5-11,16H,12-15,17H2,1-4H3. The average molecular weight is 471 g/mol. The Bertz CT molecular complexity index is 1170. The van der Waals surface area contributed by atoms with Crippen molar-refractivity contribution < 1.29 is 18.0 Å². The van der Waals surface area contributed by atoms with Crippen LogP contribution < -0.4 is 9.80 Å². The number of anilines is 2. The second-order valence-electron chi connectivity index (χ2n) is 9.13. The summed E-state index contributed by atoms with van der Waals surface area (Å²) in [4.78, 5) is 30.9. The minimum absolute atomic E-state index is 0.0785. The van der Waals surface area contributed by atoms with Crippen molar-refractivity contribution in [3.8, 4) is 0 Å². The number of likely N-dealkylation sites (N-methyl/N-ethyl adjacent to an activating group) is 2. The number of hydrogen-bond acceptors (Lipinski definition) is 5. The predicted octanol–water partition coefficient (Wildman–Crippen LogP) is 1.91. The van der Waals surface area contributed by atoms with Crippen LogP contribution in [0.3, 0.4) is 0 Å². The highest BCUT2D eigenvalue weighted by atomic mass is 32.2. The number of sulfonamides is 1. The quantitative estimate of drug-likeness (QED) is 0.667. The highest BCUT2D eigenvalue weighted by molar-refractivity contribution is 7.89. The normalized spacial score (nSPS) is 18.1. The first kappa shape index (κ1) is 23.3. The monoisotopic (exact) mass is 470 g/mol. The van der Waals surface area contributed by atoms with Gasteiger partial charge in [0.05, 0.1) is 16.9 Å². The highest BCUT2D eigenvalue weighted by Gasteiger charge is 2.43. The lowest BCUT2D eigenvalue weighted by Crippen LogP contribution is -2.51. The van der Waals surface area contributed by atoms with Gasteiger partial charge in [-0.3, -0.25) is 9.59 Å². The molecular formula is C24H30N4O4S. The van der Waals surface area contributed by atoms with Crippen LogP contribution in [0.2, 0.25) is 0 Å². The maximum absolute atomic E-state index is 13.2. The molecule has 2 heterocycles. The van der Waals surface area contributed by atoms with E-state index in [1.807, 2.05) is 30.3 Å². The van der Waals surface area contributed by atoms with Crippen molar-refractivity contribution in [3.63, 3.8) is 0 Å². The lowest BCUT2D eigenvalue weighted by molar-refractivity contribution is -0.131. The number of nitrogens with zero attached hydrogens (tertiary/aromatic N) is 4. The molecule has 0 bridgehead atoms. The molecule has 0 N–H and O–H groups in total. The van der Waals surface area contributed by atoms with Gasteiger partial charge in [0.15, 0.2) is 0 Å². The second kappa shape index (κ2) is 8.46. The van der Waals surface area contributed by atoms with E-state index in [1.54, 1.807) is 42.8 Å². The predicted molar refractivity (Wildman–Crippen MR) is 128 cm³/mol. The van der Waals surface area contributed by atoms with Gasteiger partial charge in [-0.2, -0.15) is 4.31 Å². The number of para-hydroxylation sites is 1. The van der Waals surface area contributed by atoms with Crippen molar-refractivity contribution >= 4 is 33.2 Å². The molecular weight excluding hydrogens is 440 g/mol. The van der Waals surface area contributed by atoms with Gasteiger partial charge in [0.25, 0.3) is 0 Å². The van der Waals surface area contributed by atoms with Crippen LogP contribution in [0.15, 0.2) is 53.4 Å². The molecule has 0 unspecified atom stereocenters. The molecule has 4 rings (SSSR count). The minimum Gasteiger partial charge on any atom is -0.368 e. The van der Waals surface area contributed by atoms with E-state index in [4.69, 9.17) is 0 Å². The van der Waals surface area contributed by atoms with E-state index in [2.05, 4.69) is 4.90 Å². The van der Waals surface area contributed by atoms with Gasteiger partial charge in [0.2, 0.25) is 21.8 Å². The zero-order chi connectivity index (χ0) is 24.0. The van der Waals surface area contributed by atoms with E-state index in [0.717, 1.165) is 9.99 Å². The Hall–Kier alpha value is -2.91. The van der Waals surface area contributed by atoms with E-state index in [1.165, 1.54) is 13.1 Å². The summed E-state index contributed by atoms with van der Waals surface area (Å²) in [7, 11) is -0.781. The Labute approximate surface area is 195 Å². The molecule has 0 aromatic heterocycles. The molecule has 9 heteroatoms. The summed E-state index contributed by atoms with van der Waals surface area (Å²) >= 11 is 0. The molecule has 176 valence electrons. The molecule has 1 fully saturated rings. The lowest BCUT2D eigenvalue weighted by atomic mass is 9.86. The van der Waals surface area contributed by atoms with E-state index >= 15 is 0 Å². The van der Waals surface area contributed by atoms with Crippen LogP contribution in [0.1, 0.15) is 19.4 Å². The van der Waals surface area contributed by atoms with Gasteiger partial charge in [-0.1, -0.05) is 18.2 Å². The second-order valence-corrected chi connectivity index (χ2v) is 11.2. The molecule has 0 atom stereocenters. The molecule has 0 radical (unpaired) electrons. The number of carbonyl (C=O) groups is 2. The Morgan fingerprint density at radius 3 is 2.30 bits per heavy atom. The number of amides is 2. The maximum Gasteiger partial charge on any atom is 0.243 e. The highest BCUT2D eigenvalue weighted by Crippen LogP contribution is 2.41. The van der Waals surface area contributed by atoms with Gasteiger partial charge >= 0.3 is 0 Å². The van der Waals surface area contributed by atoms with E-state index in [-0.39, 0.29) is 23.3 Å². The van der Waals surface area contributed by atoms with Gasteiger partial charge in [0.1, 0.15) is 0 Å². The number of fused-ring (bicyclic) bond motifs is 1. The zero-order valence-corrected chi connectivity index (χ0v) is 20.3. The Morgan fingerprint density at radius 2 is 1.67 bits per heavy atom. The smallest absolute Gasteiger partial charge is 0.243 e. The maximum atomic E-state index is 13.2. The fourth-order valence-electron chi connectivity index (χ4n) is 4.52.